The van der Waals surface area contributed by atoms with E-state index < -0.39 is 6.09 Å². The molecule has 0 atom stereocenters. The van der Waals surface area contributed by atoms with Crippen LogP contribution in [0.3, 0.4) is 0 Å². The van der Waals surface area contributed by atoms with Crippen LogP contribution in [0.25, 0.3) is 11.0 Å². The van der Waals surface area contributed by atoms with Crippen LogP contribution in [0.1, 0.15) is 49.8 Å². The molecular weight excluding hydrogens is 472 g/mol. The summed E-state index contributed by atoms with van der Waals surface area (Å²) in [6.07, 6.45) is 7.08. The third-order valence-corrected chi connectivity index (χ3v) is 5.97. The molecule has 3 aromatic heterocycles. The molecule has 3 aromatic rings. The number of hydrogen-bond acceptors (Lipinski definition) is 9. The Balaban J connectivity index is 0.00000342. The van der Waals surface area contributed by atoms with E-state index in [1.165, 1.54) is 7.11 Å². The lowest BCUT2D eigenvalue weighted by Crippen LogP contribution is -2.27. The van der Waals surface area contributed by atoms with Crippen molar-refractivity contribution in [2.75, 3.05) is 44.5 Å². The number of methoxy groups -OCH3 is 2. The smallest absolute Gasteiger partial charge is 0.413 e. The highest BCUT2D eigenvalue weighted by molar-refractivity contribution is 5.89. The lowest BCUT2D eigenvalue weighted by molar-refractivity contribution is 0.186. The summed E-state index contributed by atoms with van der Waals surface area (Å²) in [6, 6.07) is 2.05. The third kappa shape index (κ3) is 6.29. The Hall–Kier alpha value is -3.18. The van der Waals surface area contributed by atoms with Crippen LogP contribution in [0.5, 0.6) is 5.75 Å². The fourth-order valence-corrected chi connectivity index (χ4v) is 4.12. The molecule has 12 heteroatoms. The largest absolute Gasteiger partial charge is 0.496 e. The minimum Gasteiger partial charge on any atom is -0.496 e. The van der Waals surface area contributed by atoms with Gasteiger partial charge in [0.15, 0.2) is 5.82 Å². The van der Waals surface area contributed by atoms with Gasteiger partial charge in [-0.15, -0.1) is 12.4 Å². The van der Waals surface area contributed by atoms with Gasteiger partial charge in [0, 0.05) is 36.0 Å². The number of amides is 1. The summed E-state index contributed by atoms with van der Waals surface area (Å²) in [6.45, 7) is 5.33. The number of carbonyl (C=O) groups excluding carboxylic acids is 1. The predicted molar refractivity (Wildman–Crippen MR) is 137 cm³/mol. The molecule has 1 fully saturated rings. The molecule has 0 aromatic carbocycles. The van der Waals surface area contributed by atoms with Crippen molar-refractivity contribution < 1.29 is 14.3 Å². The lowest BCUT2D eigenvalue weighted by atomic mass is 9.93. The zero-order valence-corrected chi connectivity index (χ0v) is 21.2. The average molecular weight is 505 g/mol. The molecule has 1 saturated heterocycles. The molecule has 11 nitrogen and oxygen atoms in total. The quantitative estimate of drug-likeness (QED) is 0.374. The van der Waals surface area contributed by atoms with E-state index in [0.717, 1.165) is 67.8 Å². The SMILES string of the molecule is CCCCNc1nc(NC(=O)OC)nc2cnn(Cc3cnc(C4CCNCC4)cc3OC)c12.Cl. The standard InChI is InChI=1S/C23H32N8O3.ClH/c1-4-5-8-25-21-20-18(28-22(29-21)30-23(32)34-3)13-27-31(20)14-16-12-26-17(11-19(16)33-2)15-6-9-24-10-7-15;/h11-13,15,24H,4-10,14H2,1-3H3,(H2,25,28,29,30,32);1H. The molecular formula is C23H33ClN8O3. The van der Waals surface area contributed by atoms with Gasteiger partial charge < -0.3 is 20.1 Å². The van der Waals surface area contributed by atoms with E-state index >= 15 is 0 Å². The van der Waals surface area contributed by atoms with E-state index in [-0.39, 0.29) is 18.4 Å². The lowest BCUT2D eigenvalue weighted by Gasteiger charge is -2.23. The van der Waals surface area contributed by atoms with E-state index in [1.807, 2.05) is 16.9 Å². The summed E-state index contributed by atoms with van der Waals surface area (Å²) in [5.74, 6) is 1.99. The number of anilines is 2. The van der Waals surface area contributed by atoms with Crippen LogP contribution in [0.15, 0.2) is 18.5 Å². The molecule has 0 unspecified atom stereocenters. The Morgan fingerprint density at radius 2 is 2.03 bits per heavy atom. The Morgan fingerprint density at radius 1 is 1.23 bits per heavy atom. The summed E-state index contributed by atoms with van der Waals surface area (Å²) < 4.78 is 12.2. The molecule has 3 N–H and O–H groups in total. The van der Waals surface area contributed by atoms with Crippen molar-refractivity contribution in [2.45, 2.75) is 45.1 Å². The monoisotopic (exact) mass is 504 g/mol. The van der Waals surface area contributed by atoms with Crippen molar-refractivity contribution >= 4 is 41.3 Å². The molecule has 0 radical (unpaired) electrons. The Kier molecular flexibility index (Phi) is 9.44. The van der Waals surface area contributed by atoms with Crippen molar-refractivity contribution in [1.82, 2.24) is 30.0 Å². The van der Waals surface area contributed by atoms with Crippen LogP contribution in [-0.2, 0) is 11.3 Å². The number of nitrogens with zero attached hydrogens (tertiary/aromatic N) is 5. The second-order valence-corrected chi connectivity index (χ2v) is 8.27. The summed E-state index contributed by atoms with van der Waals surface area (Å²) >= 11 is 0. The van der Waals surface area contributed by atoms with Crippen LogP contribution < -0.4 is 20.7 Å². The number of halogens is 1. The van der Waals surface area contributed by atoms with Gasteiger partial charge >= 0.3 is 6.09 Å². The summed E-state index contributed by atoms with van der Waals surface area (Å²) in [4.78, 5) is 25.4. The zero-order valence-electron chi connectivity index (χ0n) is 20.3. The topological polar surface area (TPSA) is 128 Å². The van der Waals surface area contributed by atoms with Gasteiger partial charge in [-0.05, 0) is 32.4 Å². The van der Waals surface area contributed by atoms with Crippen molar-refractivity contribution in [3.8, 4) is 5.75 Å². The molecule has 1 amide bonds. The predicted octanol–water partition coefficient (Wildman–Crippen LogP) is 3.56. The van der Waals surface area contributed by atoms with Crippen LogP contribution in [0.4, 0.5) is 16.6 Å². The number of aromatic nitrogens is 5. The van der Waals surface area contributed by atoms with Crippen molar-refractivity contribution in [1.29, 1.82) is 0 Å². The number of piperidine rings is 1. The summed E-state index contributed by atoms with van der Waals surface area (Å²) in [5, 5.41) is 13.8. The van der Waals surface area contributed by atoms with E-state index in [9.17, 15) is 4.79 Å². The number of nitrogens with one attached hydrogen (secondary N) is 3. The van der Waals surface area contributed by atoms with Crippen LogP contribution >= 0.6 is 12.4 Å². The number of pyridine rings is 1. The van der Waals surface area contributed by atoms with E-state index in [1.54, 1.807) is 13.3 Å². The van der Waals surface area contributed by atoms with Crippen LogP contribution in [0.2, 0.25) is 0 Å². The number of rotatable bonds is 9. The molecule has 0 spiro atoms. The molecule has 4 rings (SSSR count). The summed E-state index contributed by atoms with van der Waals surface area (Å²) in [7, 11) is 2.97. The number of carbonyl (C=O) groups is 1. The minimum atomic E-state index is -0.629. The van der Waals surface area contributed by atoms with Gasteiger partial charge in [-0.1, -0.05) is 13.3 Å². The fourth-order valence-electron chi connectivity index (χ4n) is 4.12. The third-order valence-electron chi connectivity index (χ3n) is 5.97. The highest BCUT2D eigenvalue weighted by Gasteiger charge is 2.20. The normalized spacial score (nSPS) is 13.8. The molecule has 0 bridgehead atoms. The highest BCUT2D eigenvalue weighted by Crippen LogP contribution is 2.30. The highest BCUT2D eigenvalue weighted by atomic mass is 35.5. The molecule has 0 aliphatic carbocycles. The van der Waals surface area contributed by atoms with Crippen LogP contribution in [-0.4, -0.2) is 64.7 Å². The molecule has 4 heterocycles. The van der Waals surface area contributed by atoms with Gasteiger partial charge in [-0.3, -0.25) is 15.0 Å². The Labute approximate surface area is 210 Å². The maximum atomic E-state index is 11.7. The maximum Gasteiger partial charge on any atom is 0.413 e. The van der Waals surface area contributed by atoms with Gasteiger partial charge in [0.25, 0.3) is 0 Å². The molecule has 0 saturated carbocycles. The van der Waals surface area contributed by atoms with E-state index in [0.29, 0.717) is 23.8 Å². The Bertz CT molecular complexity index is 1130. The van der Waals surface area contributed by atoms with Gasteiger partial charge in [0.05, 0.1) is 27.0 Å². The number of hydrogen-bond donors (Lipinski definition) is 3. The first kappa shape index (κ1) is 26.4. The van der Waals surface area contributed by atoms with Crippen molar-refractivity contribution in [3.05, 3.63) is 29.7 Å². The second kappa shape index (κ2) is 12.5. The summed E-state index contributed by atoms with van der Waals surface area (Å²) in [5.41, 5.74) is 3.34. The van der Waals surface area contributed by atoms with Crippen LogP contribution in [0, 0.1) is 0 Å². The van der Waals surface area contributed by atoms with Crippen molar-refractivity contribution in [2.24, 2.45) is 0 Å². The first-order valence-corrected chi connectivity index (χ1v) is 11.7. The van der Waals surface area contributed by atoms with Gasteiger partial charge in [0.1, 0.15) is 16.8 Å². The van der Waals surface area contributed by atoms with Gasteiger partial charge in [0.2, 0.25) is 5.95 Å². The molecule has 1 aliphatic heterocycles. The first-order valence-electron chi connectivity index (χ1n) is 11.7. The minimum absolute atomic E-state index is 0. The first-order chi connectivity index (χ1) is 16.6. The number of ether oxygens (including phenoxy) is 2. The van der Waals surface area contributed by atoms with Gasteiger partial charge in [-0.2, -0.15) is 10.1 Å². The number of unbranched alkanes of at least 4 members (excludes halogenated alkanes) is 1. The van der Waals surface area contributed by atoms with Gasteiger partial charge in [-0.25, -0.2) is 9.78 Å². The average Bonchev–Trinajstić information content (AvgIpc) is 3.27. The zero-order chi connectivity index (χ0) is 23.9. The van der Waals surface area contributed by atoms with E-state index in [4.69, 9.17) is 9.72 Å². The molecule has 190 valence electrons. The second-order valence-electron chi connectivity index (χ2n) is 8.27. The molecule has 1 aliphatic rings. The Morgan fingerprint density at radius 3 is 2.74 bits per heavy atom. The fraction of sp³-hybridized carbons (Fsp3) is 0.522. The molecule has 35 heavy (non-hydrogen) atoms. The van der Waals surface area contributed by atoms with Crippen molar-refractivity contribution in [3.63, 3.8) is 0 Å². The van der Waals surface area contributed by atoms with E-state index in [2.05, 4.69) is 42.7 Å². The number of fused-ring (bicyclic) bond motifs is 1. The maximum absolute atomic E-state index is 11.7.